The molecule has 0 amide bonds. The number of guanidine groups is 1. The van der Waals surface area contributed by atoms with Crippen molar-refractivity contribution in [3.63, 3.8) is 0 Å². The van der Waals surface area contributed by atoms with Gasteiger partial charge in [0.2, 0.25) is 0 Å². The molecule has 27 heavy (non-hydrogen) atoms. The van der Waals surface area contributed by atoms with Crippen LogP contribution in [0.25, 0.3) is 5.65 Å². The largest absolute Gasteiger partial charge is 0.364 e. The van der Waals surface area contributed by atoms with Gasteiger partial charge >= 0.3 is 0 Å². The molecule has 0 atom stereocenters. The fourth-order valence-corrected chi connectivity index (χ4v) is 3.41. The summed E-state index contributed by atoms with van der Waals surface area (Å²) in [5, 5.41) is 7.46. The normalized spacial score (nSPS) is 16.2. The quantitative estimate of drug-likeness (QED) is 0.541. The van der Waals surface area contributed by atoms with E-state index < -0.39 is 0 Å². The Labute approximate surface area is 158 Å². The van der Waals surface area contributed by atoms with Crippen LogP contribution in [-0.4, -0.2) is 70.1 Å². The van der Waals surface area contributed by atoms with Crippen molar-refractivity contribution < 1.29 is 4.52 Å². The molecule has 4 heterocycles. The number of hydrogen-bond acceptors (Lipinski definition) is 5. The predicted octanol–water partition coefficient (Wildman–Crippen LogP) is 1.26. The van der Waals surface area contributed by atoms with Crippen molar-refractivity contribution in [2.24, 2.45) is 4.99 Å². The molecule has 1 N–H and O–H groups in total. The molecule has 0 unspecified atom stereocenters. The lowest BCUT2D eigenvalue weighted by molar-refractivity contribution is 0.169. The van der Waals surface area contributed by atoms with Crippen molar-refractivity contribution in [2.75, 3.05) is 39.8 Å². The summed E-state index contributed by atoms with van der Waals surface area (Å²) in [6.07, 6.45) is 6.60. The highest BCUT2D eigenvalue weighted by Gasteiger charge is 2.20. The van der Waals surface area contributed by atoms with Crippen LogP contribution in [0.4, 0.5) is 0 Å². The van der Waals surface area contributed by atoms with Crippen LogP contribution in [0, 0.1) is 0 Å². The van der Waals surface area contributed by atoms with E-state index in [-0.39, 0.29) is 0 Å². The summed E-state index contributed by atoms with van der Waals surface area (Å²) in [6.45, 7) is 5.53. The summed E-state index contributed by atoms with van der Waals surface area (Å²) < 4.78 is 6.96. The minimum absolute atomic E-state index is 0.815. The molecule has 0 aromatic carbocycles. The Morgan fingerprint density at radius 3 is 2.81 bits per heavy atom. The zero-order chi connectivity index (χ0) is 18.5. The molecule has 1 aliphatic heterocycles. The van der Waals surface area contributed by atoms with Gasteiger partial charge in [0.1, 0.15) is 11.9 Å². The summed E-state index contributed by atoms with van der Waals surface area (Å²) in [5.74, 6) is 0.958. The molecule has 142 valence electrons. The minimum Gasteiger partial charge on any atom is -0.364 e. The number of hydrogen-bond donors (Lipinski definition) is 1. The van der Waals surface area contributed by atoms with Crippen LogP contribution in [0.5, 0.6) is 0 Å². The molecular weight excluding hydrogens is 342 g/mol. The van der Waals surface area contributed by atoms with Crippen molar-refractivity contribution in [2.45, 2.75) is 13.0 Å². The molecule has 0 bridgehead atoms. The van der Waals surface area contributed by atoms with Gasteiger partial charge in [-0.05, 0) is 12.1 Å². The first-order valence-electron chi connectivity index (χ1n) is 9.31. The Morgan fingerprint density at radius 1 is 1.19 bits per heavy atom. The second-order valence-corrected chi connectivity index (χ2v) is 6.68. The molecular formula is C19H25N7O. The number of piperazine rings is 1. The molecule has 1 fully saturated rings. The third-order valence-corrected chi connectivity index (χ3v) is 4.84. The van der Waals surface area contributed by atoms with Gasteiger partial charge in [0.15, 0.2) is 5.96 Å². The lowest BCUT2D eigenvalue weighted by atomic mass is 10.3. The van der Waals surface area contributed by atoms with Gasteiger partial charge in [0.05, 0.1) is 11.4 Å². The Kier molecular flexibility index (Phi) is 5.34. The van der Waals surface area contributed by atoms with Gasteiger partial charge in [0, 0.05) is 71.2 Å². The summed E-state index contributed by atoms with van der Waals surface area (Å²) in [4.78, 5) is 13.8. The lowest BCUT2D eigenvalue weighted by Gasteiger charge is -2.36. The van der Waals surface area contributed by atoms with Gasteiger partial charge in [-0.15, -0.1) is 0 Å². The highest BCUT2D eigenvalue weighted by molar-refractivity contribution is 5.80. The number of pyridine rings is 1. The first-order chi connectivity index (χ1) is 13.3. The Hall–Kier alpha value is -2.87. The Morgan fingerprint density at radius 2 is 2.07 bits per heavy atom. The minimum atomic E-state index is 0.815. The Balaban J connectivity index is 1.24. The molecule has 0 saturated carbocycles. The zero-order valence-electron chi connectivity index (χ0n) is 15.6. The number of fused-ring (bicyclic) bond motifs is 1. The second kappa shape index (κ2) is 8.22. The third-order valence-electron chi connectivity index (χ3n) is 4.84. The van der Waals surface area contributed by atoms with Crippen LogP contribution in [0.1, 0.15) is 11.4 Å². The van der Waals surface area contributed by atoms with Crippen LogP contribution >= 0.6 is 0 Å². The molecule has 4 rings (SSSR count). The van der Waals surface area contributed by atoms with Gasteiger partial charge in [0.25, 0.3) is 0 Å². The molecule has 1 aliphatic rings. The van der Waals surface area contributed by atoms with Crippen molar-refractivity contribution >= 4 is 11.6 Å². The Bertz CT molecular complexity index is 846. The number of aliphatic imine (C=N–C) groups is 1. The maximum atomic E-state index is 4.91. The van der Waals surface area contributed by atoms with E-state index in [1.54, 1.807) is 6.26 Å². The van der Waals surface area contributed by atoms with E-state index in [9.17, 15) is 0 Å². The first-order valence-corrected chi connectivity index (χ1v) is 9.31. The number of nitrogens with zero attached hydrogens (tertiary/aromatic N) is 6. The molecule has 0 radical (unpaired) electrons. The number of rotatable bonds is 5. The average Bonchev–Trinajstić information content (AvgIpc) is 3.35. The highest BCUT2D eigenvalue weighted by atomic mass is 16.5. The fraction of sp³-hybridized carbons (Fsp3) is 0.421. The van der Waals surface area contributed by atoms with E-state index in [1.807, 2.05) is 37.5 Å². The topological polar surface area (TPSA) is 74.2 Å². The van der Waals surface area contributed by atoms with Gasteiger partial charge in [-0.1, -0.05) is 11.2 Å². The van der Waals surface area contributed by atoms with E-state index >= 15 is 0 Å². The monoisotopic (exact) mass is 367 g/mol. The first kappa shape index (κ1) is 17.5. The van der Waals surface area contributed by atoms with Gasteiger partial charge in [-0.3, -0.25) is 9.89 Å². The van der Waals surface area contributed by atoms with Crippen LogP contribution in [0.3, 0.4) is 0 Å². The number of imidazole rings is 1. The average molecular weight is 367 g/mol. The van der Waals surface area contributed by atoms with Gasteiger partial charge < -0.3 is 19.1 Å². The van der Waals surface area contributed by atoms with Crippen molar-refractivity contribution in [3.8, 4) is 0 Å². The summed E-state index contributed by atoms with van der Waals surface area (Å²) in [5.41, 5.74) is 3.06. The predicted molar refractivity (Wildman–Crippen MR) is 104 cm³/mol. The fourth-order valence-electron chi connectivity index (χ4n) is 3.41. The molecule has 0 aliphatic carbocycles. The van der Waals surface area contributed by atoms with Crippen molar-refractivity contribution in [1.82, 2.24) is 29.7 Å². The number of nitrogens with one attached hydrogen (secondary N) is 1. The molecule has 0 spiro atoms. The van der Waals surface area contributed by atoms with Crippen LogP contribution in [0.15, 0.2) is 52.4 Å². The third kappa shape index (κ3) is 4.28. The second-order valence-electron chi connectivity index (χ2n) is 6.68. The van der Waals surface area contributed by atoms with E-state index in [1.165, 1.54) is 0 Å². The molecule has 1 saturated heterocycles. The van der Waals surface area contributed by atoms with Crippen molar-refractivity contribution in [3.05, 3.63) is 54.3 Å². The molecule has 3 aromatic heterocycles. The van der Waals surface area contributed by atoms with E-state index in [4.69, 9.17) is 4.52 Å². The van der Waals surface area contributed by atoms with Gasteiger partial charge in [-0.25, -0.2) is 4.98 Å². The van der Waals surface area contributed by atoms with E-state index in [0.29, 0.717) is 0 Å². The molecule has 8 heteroatoms. The summed E-state index contributed by atoms with van der Waals surface area (Å²) in [7, 11) is 1.84. The van der Waals surface area contributed by atoms with Crippen molar-refractivity contribution in [1.29, 1.82) is 0 Å². The van der Waals surface area contributed by atoms with E-state index in [2.05, 4.69) is 40.8 Å². The van der Waals surface area contributed by atoms with E-state index in [0.717, 1.165) is 68.7 Å². The smallest absolute Gasteiger partial charge is 0.193 e. The van der Waals surface area contributed by atoms with Gasteiger partial charge in [-0.2, -0.15) is 0 Å². The van der Waals surface area contributed by atoms with Crippen LogP contribution < -0.4 is 5.32 Å². The standard InChI is InChI=1S/C19H25N7O/c1-20-19(21-7-5-16-15-26-8-3-2-4-18(26)22-16)25-11-9-24(10-12-25)14-17-6-13-27-23-17/h2-4,6,8,13,15H,5,7,9-12,14H2,1H3,(H,20,21). The molecule has 8 nitrogen and oxygen atoms in total. The van der Waals surface area contributed by atoms with Crippen LogP contribution in [0.2, 0.25) is 0 Å². The summed E-state index contributed by atoms with van der Waals surface area (Å²) in [6, 6.07) is 7.97. The summed E-state index contributed by atoms with van der Waals surface area (Å²) >= 11 is 0. The maximum absolute atomic E-state index is 4.91. The highest BCUT2D eigenvalue weighted by Crippen LogP contribution is 2.08. The lowest BCUT2D eigenvalue weighted by Crippen LogP contribution is -2.52. The zero-order valence-corrected chi connectivity index (χ0v) is 15.6. The maximum Gasteiger partial charge on any atom is 0.193 e. The SMILES string of the molecule is CN=C(NCCc1cn2ccccc2n1)N1CCN(Cc2ccon2)CC1. The number of aromatic nitrogens is 3. The van der Waals surface area contributed by atoms with Crippen LogP contribution in [-0.2, 0) is 13.0 Å². The molecule has 3 aromatic rings.